The molecule has 1 saturated heterocycles. The normalized spacial score (nSPS) is 16.3. The lowest BCUT2D eigenvalue weighted by Crippen LogP contribution is -2.39. The van der Waals surface area contributed by atoms with E-state index in [9.17, 15) is 4.79 Å². The highest BCUT2D eigenvalue weighted by molar-refractivity contribution is 7.97. The summed E-state index contributed by atoms with van der Waals surface area (Å²) in [5, 5.41) is 2.90. The number of amides is 1. The third kappa shape index (κ3) is 5.33. The fraction of sp³-hybridized carbons (Fsp3) is 0.350. The predicted octanol–water partition coefficient (Wildman–Crippen LogP) is 4.10. The molecule has 26 heavy (non-hydrogen) atoms. The molecule has 1 N–H and O–H groups in total. The number of likely N-dealkylation sites (tertiary alicyclic amines) is 1. The van der Waals surface area contributed by atoms with Gasteiger partial charge in [0.1, 0.15) is 5.82 Å². The minimum Gasteiger partial charge on any atom is -0.370 e. The molecule has 0 unspecified atom stereocenters. The van der Waals surface area contributed by atoms with Gasteiger partial charge < -0.3 is 10.2 Å². The first kappa shape index (κ1) is 20.0. The van der Waals surface area contributed by atoms with Crippen molar-refractivity contribution in [2.75, 3.05) is 24.7 Å². The van der Waals surface area contributed by atoms with E-state index in [4.69, 9.17) is 0 Å². The third-order valence-corrected chi connectivity index (χ3v) is 4.59. The Bertz CT molecular complexity index is 704. The van der Waals surface area contributed by atoms with Gasteiger partial charge in [0.2, 0.25) is 5.91 Å². The molecule has 0 saturated carbocycles. The van der Waals surface area contributed by atoms with Crippen LogP contribution in [-0.2, 0) is 4.79 Å². The summed E-state index contributed by atoms with van der Waals surface area (Å²) in [5.74, 6) is 0.628. The Balaban J connectivity index is 2.02. The highest BCUT2D eigenvalue weighted by Crippen LogP contribution is 2.24. The molecular weight excluding hydrogens is 344 g/mol. The molecule has 1 aliphatic rings. The van der Waals surface area contributed by atoms with Gasteiger partial charge in [0.05, 0.1) is 11.4 Å². The van der Waals surface area contributed by atoms with Gasteiger partial charge in [-0.25, -0.2) is 9.38 Å². The number of aromatic nitrogens is 1. The Morgan fingerprint density at radius 1 is 1.42 bits per heavy atom. The van der Waals surface area contributed by atoms with Gasteiger partial charge in [0.25, 0.3) is 0 Å². The number of hydrogen-bond acceptors (Lipinski definition) is 5. The number of carbonyl (C=O) groups excluding carboxylic acids is 1. The fourth-order valence-electron chi connectivity index (χ4n) is 2.93. The van der Waals surface area contributed by atoms with Crippen molar-refractivity contribution in [3.05, 3.63) is 61.0 Å². The van der Waals surface area contributed by atoms with Crippen LogP contribution in [-0.4, -0.2) is 40.8 Å². The molecule has 2 heterocycles. The number of hydrogen-bond donors (Lipinski definition) is 1. The number of carbonyl (C=O) groups is 1. The lowest BCUT2D eigenvalue weighted by atomic mass is 9.94. The Morgan fingerprint density at radius 3 is 2.69 bits per heavy atom. The first-order valence-electron chi connectivity index (χ1n) is 8.63. The Labute approximate surface area is 160 Å². The van der Waals surface area contributed by atoms with E-state index in [-0.39, 0.29) is 11.8 Å². The molecule has 1 amide bonds. The molecule has 0 bridgehead atoms. The van der Waals surface area contributed by atoms with E-state index in [1.54, 1.807) is 18.3 Å². The van der Waals surface area contributed by atoms with Crippen LogP contribution in [0.5, 0.6) is 0 Å². The maximum absolute atomic E-state index is 12.5. The van der Waals surface area contributed by atoms with E-state index in [0.717, 1.165) is 42.9 Å². The summed E-state index contributed by atoms with van der Waals surface area (Å²) >= 11 is 1.42. The summed E-state index contributed by atoms with van der Waals surface area (Å²) in [7, 11) is 0. The van der Waals surface area contributed by atoms with Gasteiger partial charge in [0.15, 0.2) is 0 Å². The molecule has 1 aliphatic heterocycles. The number of anilines is 1. The Kier molecular flexibility index (Phi) is 7.66. The van der Waals surface area contributed by atoms with Crippen molar-refractivity contribution in [1.82, 2.24) is 9.88 Å². The standard InChI is InChI=1S/C20H26N4OS/c1-5-8-17(19(15(2)3)23-26-4)24-13-10-16(11-14-24)20(25)22-18-9-6-7-12-21-18/h5-9,12,16H,1-2,10-11,13-14H2,3-4H3,(H,21,22,25)/b17-8+,23-19+. The molecule has 1 fully saturated rings. The van der Waals surface area contributed by atoms with Crippen molar-refractivity contribution in [2.45, 2.75) is 19.8 Å². The van der Waals surface area contributed by atoms with Crippen LogP contribution in [0.3, 0.4) is 0 Å². The average Bonchev–Trinajstić information content (AvgIpc) is 2.65. The van der Waals surface area contributed by atoms with Crippen LogP contribution in [0, 0.1) is 5.92 Å². The quantitative estimate of drug-likeness (QED) is 0.446. The summed E-state index contributed by atoms with van der Waals surface area (Å²) < 4.78 is 4.52. The lowest BCUT2D eigenvalue weighted by molar-refractivity contribution is -0.121. The molecule has 5 nitrogen and oxygen atoms in total. The van der Waals surface area contributed by atoms with Gasteiger partial charge in [-0.2, -0.15) is 0 Å². The molecule has 6 heteroatoms. The molecule has 0 aliphatic carbocycles. The van der Waals surface area contributed by atoms with E-state index >= 15 is 0 Å². The van der Waals surface area contributed by atoms with Crippen molar-refractivity contribution in [2.24, 2.45) is 10.3 Å². The van der Waals surface area contributed by atoms with E-state index in [2.05, 4.69) is 32.8 Å². The van der Waals surface area contributed by atoms with Gasteiger partial charge in [-0.1, -0.05) is 25.3 Å². The zero-order valence-electron chi connectivity index (χ0n) is 15.4. The van der Waals surface area contributed by atoms with Crippen LogP contribution >= 0.6 is 11.9 Å². The van der Waals surface area contributed by atoms with Crippen LogP contribution in [0.4, 0.5) is 5.82 Å². The van der Waals surface area contributed by atoms with Gasteiger partial charge in [0, 0.05) is 31.5 Å². The first-order valence-corrected chi connectivity index (χ1v) is 9.82. The predicted molar refractivity (Wildman–Crippen MR) is 111 cm³/mol. The third-order valence-electron chi connectivity index (χ3n) is 4.23. The van der Waals surface area contributed by atoms with Crippen LogP contribution in [0.1, 0.15) is 19.8 Å². The van der Waals surface area contributed by atoms with Gasteiger partial charge in [-0.15, -0.1) is 0 Å². The molecular formula is C20H26N4OS. The molecule has 0 spiro atoms. The highest BCUT2D eigenvalue weighted by atomic mass is 32.2. The molecule has 2 rings (SSSR count). The van der Waals surface area contributed by atoms with Crippen LogP contribution < -0.4 is 5.32 Å². The molecule has 1 aromatic rings. The van der Waals surface area contributed by atoms with Crippen molar-refractivity contribution in [1.29, 1.82) is 0 Å². The largest absolute Gasteiger partial charge is 0.370 e. The number of pyridine rings is 1. The van der Waals surface area contributed by atoms with Gasteiger partial charge >= 0.3 is 0 Å². The Morgan fingerprint density at radius 2 is 2.15 bits per heavy atom. The van der Waals surface area contributed by atoms with E-state index in [1.165, 1.54) is 11.9 Å². The molecule has 138 valence electrons. The number of nitrogens with zero attached hydrogens (tertiary/aromatic N) is 3. The number of piperidine rings is 1. The topological polar surface area (TPSA) is 57.6 Å². The van der Waals surface area contributed by atoms with Gasteiger partial charge in [-0.3, -0.25) is 4.79 Å². The molecule has 0 aromatic carbocycles. The summed E-state index contributed by atoms with van der Waals surface area (Å²) in [6.07, 6.45) is 8.93. The minimum absolute atomic E-state index is 0.0102. The van der Waals surface area contributed by atoms with E-state index in [0.29, 0.717) is 5.82 Å². The zero-order chi connectivity index (χ0) is 18.9. The lowest BCUT2D eigenvalue weighted by Gasteiger charge is -2.35. The highest BCUT2D eigenvalue weighted by Gasteiger charge is 2.27. The summed E-state index contributed by atoms with van der Waals surface area (Å²) in [4.78, 5) is 18.9. The summed E-state index contributed by atoms with van der Waals surface area (Å²) in [5.41, 5.74) is 2.82. The molecule has 0 atom stereocenters. The average molecular weight is 371 g/mol. The van der Waals surface area contributed by atoms with Crippen molar-refractivity contribution < 1.29 is 4.79 Å². The van der Waals surface area contributed by atoms with Crippen molar-refractivity contribution in [3.8, 4) is 0 Å². The second kappa shape index (κ2) is 9.97. The van der Waals surface area contributed by atoms with E-state index in [1.807, 2.05) is 31.4 Å². The fourth-order valence-corrected chi connectivity index (χ4v) is 3.36. The smallest absolute Gasteiger partial charge is 0.228 e. The molecule has 1 aromatic heterocycles. The van der Waals surface area contributed by atoms with Crippen LogP contribution in [0.25, 0.3) is 0 Å². The van der Waals surface area contributed by atoms with Crippen molar-refractivity contribution >= 4 is 29.4 Å². The summed E-state index contributed by atoms with van der Waals surface area (Å²) in [6.45, 7) is 11.4. The Hall–Kier alpha value is -2.34. The minimum atomic E-state index is -0.0102. The number of allylic oxidation sites excluding steroid dienone is 3. The van der Waals surface area contributed by atoms with Crippen molar-refractivity contribution in [3.63, 3.8) is 0 Å². The number of rotatable bonds is 7. The molecule has 0 radical (unpaired) electrons. The maximum Gasteiger partial charge on any atom is 0.228 e. The first-order chi connectivity index (χ1) is 12.6. The van der Waals surface area contributed by atoms with Gasteiger partial charge in [-0.05, 0) is 55.5 Å². The second-order valence-electron chi connectivity index (χ2n) is 6.16. The number of nitrogens with one attached hydrogen (secondary N) is 1. The van der Waals surface area contributed by atoms with E-state index < -0.39 is 0 Å². The van der Waals surface area contributed by atoms with Crippen LogP contribution in [0.15, 0.2) is 65.4 Å². The maximum atomic E-state index is 12.5. The summed E-state index contributed by atoms with van der Waals surface area (Å²) in [6, 6.07) is 5.49. The second-order valence-corrected chi connectivity index (χ2v) is 6.70. The monoisotopic (exact) mass is 370 g/mol. The zero-order valence-corrected chi connectivity index (χ0v) is 16.3. The SMILES string of the molecule is C=C/C=C(\C(=N\SC)C(=C)C)N1CCC(C(=O)Nc2ccccn2)CC1. The van der Waals surface area contributed by atoms with Crippen LogP contribution in [0.2, 0.25) is 0 Å².